The lowest BCUT2D eigenvalue weighted by Crippen LogP contribution is -2.28. The van der Waals surface area contributed by atoms with Crippen LogP contribution in [0.2, 0.25) is 0 Å². The van der Waals surface area contributed by atoms with Gasteiger partial charge in [-0.05, 0) is 57.5 Å². The molecule has 0 bridgehead atoms. The molecular weight excluding hydrogens is 395 g/mol. The van der Waals surface area contributed by atoms with Crippen molar-refractivity contribution in [1.29, 1.82) is 0 Å². The first-order chi connectivity index (χ1) is 14.5. The average Bonchev–Trinajstić information content (AvgIpc) is 2.75. The Morgan fingerprint density at radius 3 is 1.67 bits per heavy atom. The minimum absolute atomic E-state index is 0.191. The minimum atomic E-state index is -1.03. The summed E-state index contributed by atoms with van der Waals surface area (Å²) in [4.78, 5) is 0. The second kappa shape index (κ2) is 9.97. The number of aryl methyl sites for hydroxylation is 3. The molecule has 0 radical (unpaired) electrons. The molecule has 0 atom stereocenters. The molecule has 0 aromatic heterocycles. The highest BCUT2D eigenvalue weighted by molar-refractivity contribution is 7.80. The quantitative estimate of drug-likeness (QED) is 0.398. The van der Waals surface area contributed by atoms with Crippen molar-refractivity contribution in [2.75, 3.05) is 28.1 Å². The number of hydrogen-bond acceptors (Lipinski definition) is 4. The van der Waals surface area contributed by atoms with Crippen LogP contribution in [0.4, 0.5) is 0 Å². The SMILES string of the molecule is COCOc1c(C)cccc1P(c1c(C)cccc1OC)c1c(C)cccc1OC. The zero-order valence-electron chi connectivity index (χ0n) is 18.5. The Hall–Kier alpha value is -2.55. The highest BCUT2D eigenvalue weighted by atomic mass is 31.1. The molecule has 0 unspecified atom stereocenters. The first-order valence-corrected chi connectivity index (χ1v) is 11.2. The molecular formula is C25H29O4P. The minimum Gasteiger partial charge on any atom is -0.496 e. The normalized spacial score (nSPS) is 10.9. The second-order valence-electron chi connectivity index (χ2n) is 7.06. The zero-order valence-corrected chi connectivity index (χ0v) is 19.4. The van der Waals surface area contributed by atoms with Crippen LogP contribution in [0, 0.1) is 20.8 Å². The lowest BCUT2D eigenvalue weighted by atomic mass is 10.2. The van der Waals surface area contributed by atoms with Gasteiger partial charge in [0, 0.05) is 23.0 Å². The smallest absolute Gasteiger partial charge is 0.188 e. The molecule has 0 aliphatic carbocycles. The van der Waals surface area contributed by atoms with Gasteiger partial charge in [-0.1, -0.05) is 42.5 Å². The summed E-state index contributed by atoms with van der Waals surface area (Å²) in [5, 5.41) is 3.44. The monoisotopic (exact) mass is 424 g/mol. The Balaban J connectivity index is 2.39. The first-order valence-electron chi connectivity index (χ1n) is 9.82. The molecule has 0 aliphatic rings. The van der Waals surface area contributed by atoms with Crippen LogP contribution in [0.15, 0.2) is 54.6 Å². The van der Waals surface area contributed by atoms with Crippen LogP contribution in [-0.4, -0.2) is 28.1 Å². The Bertz CT molecular complexity index is 963. The van der Waals surface area contributed by atoms with E-state index in [-0.39, 0.29) is 6.79 Å². The van der Waals surface area contributed by atoms with E-state index in [0.717, 1.165) is 38.7 Å². The third kappa shape index (κ3) is 4.30. The predicted octanol–water partition coefficient (Wildman–Crippen LogP) is 4.37. The fraction of sp³-hybridized carbons (Fsp3) is 0.280. The molecule has 5 heteroatoms. The number of benzene rings is 3. The number of ether oxygens (including phenoxy) is 4. The molecule has 4 nitrogen and oxygen atoms in total. The van der Waals surface area contributed by atoms with E-state index in [1.807, 2.05) is 24.3 Å². The van der Waals surface area contributed by atoms with Crippen LogP contribution >= 0.6 is 7.92 Å². The van der Waals surface area contributed by atoms with E-state index in [1.54, 1.807) is 21.3 Å². The molecule has 0 saturated carbocycles. The largest absolute Gasteiger partial charge is 0.496 e. The summed E-state index contributed by atoms with van der Waals surface area (Å²) < 4.78 is 22.9. The molecule has 3 aromatic rings. The zero-order chi connectivity index (χ0) is 21.7. The van der Waals surface area contributed by atoms with Crippen LogP contribution in [0.5, 0.6) is 17.2 Å². The summed E-state index contributed by atoms with van der Waals surface area (Å²) in [5.74, 6) is 2.58. The third-order valence-electron chi connectivity index (χ3n) is 5.04. The molecule has 0 fully saturated rings. The highest BCUT2D eigenvalue weighted by Crippen LogP contribution is 2.44. The summed E-state index contributed by atoms with van der Waals surface area (Å²) in [7, 11) is 4.05. The summed E-state index contributed by atoms with van der Waals surface area (Å²) in [6.07, 6.45) is 0. The van der Waals surface area contributed by atoms with Crippen LogP contribution in [-0.2, 0) is 4.74 Å². The summed E-state index contributed by atoms with van der Waals surface area (Å²) >= 11 is 0. The molecule has 0 N–H and O–H groups in total. The van der Waals surface area contributed by atoms with Gasteiger partial charge < -0.3 is 18.9 Å². The van der Waals surface area contributed by atoms with Crippen LogP contribution in [0.25, 0.3) is 0 Å². The number of hydrogen-bond donors (Lipinski definition) is 0. The Kier molecular flexibility index (Phi) is 7.36. The maximum absolute atomic E-state index is 6.08. The van der Waals surface area contributed by atoms with Crippen LogP contribution in [0.3, 0.4) is 0 Å². The van der Waals surface area contributed by atoms with Crippen molar-refractivity contribution in [3.05, 3.63) is 71.3 Å². The van der Waals surface area contributed by atoms with E-state index in [4.69, 9.17) is 18.9 Å². The topological polar surface area (TPSA) is 36.9 Å². The number of methoxy groups -OCH3 is 3. The van der Waals surface area contributed by atoms with Gasteiger partial charge in [-0.25, -0.2) is 0 Å². The lowest BCUT2D eigenvalue weighted by Gasteiger charge is -2.28. The van der Waals surface area contributed by atoms with Crippen LogP contribution in [0.1, 0.15) is 16.7 Å². The Morgan fingerprint density at radius 2 is 1.17 bits per heavy atom. The molecule has 158 valence electrons. The van der Waals surface area contributed by atoms with Gasteiger partial charge >= 0.3 is 0 Å². The van der Waals surface area contributed by atoms with E-state index >= 15 is 0 Å². The molecule has 0 amide bonds. The van der Waals surface area contributed by atoms with Gasteiger partial charge in [0.15, 0.2) is 6.79 Å². The standard InChI is InChI=1S/C25H29O4P/c1-17-10-9-15-22(23(17)29-16-26-4)30(24-18(2)11-7-13-20(24)27-5)25-19(3)12-8-14-21(25)28-6/h7-15H,16H2,1-6H3. The molecule has 30 heavy (non-hydrogen) atoms. The van der Waals surface area contributed by atoms with Crippen LogP contribution < -0.4 is 30.1 Å². The molecule has 0 spiro atoms. The van der Waals surface area contributed by atoms with E-state index in [0.29, 0.717) is 0 Å². The predicted molar refractivity (Wildman–Crippen MR) is 125 cm³/mol. The van der Waals surface area contributed by atoms with E-state index < -0.39 is 7.92 Å². The van der Waals surface area contributed by atoms with Gasteiger partial charge in [0.2, 0.25) is 0 Å². The molecule has 3 aromatic carbocycles. The van der Waals surface area contributed by atoms with Crippen molar-refractivity contribution in [3.63, 3.8) is 0 Å². The second-order valence-corrected chi connectivity index (χ2v) is 9.11. The molecule has 0 saturated heterocycles. The summed E-state index contributed by atoms with van der Waals surface area (Å²) in [5.41, 5.74) is 3.41. The van der Waals surface area contributed by atoms with Gasteiger partial charge in [0.1, 0.15) is 17.2 Å². The van der Waals surface area contributed by atoms with Crippen molar-refractivity contribution in [2.45, 2.75) is 20.8 Å². The van der Waals surface area contributed by atoms with Crippen molar-refractivity contribution >= 4 is 23.8 Å². The lowest BCUT2D eigenvalue weighted by molar-refractivity contribution is 0.0514. The van der Waals surface area contributed by atoms with E-state index in [1.165, 1.54) is 11.1 Å². The van der Waals surface area contributed by atoms with E-state index in [2.05, 4.69) is 51.1 Å². The fourth-order valence-corrected chi connectivity index (χ4v) is 6.65. The average molecular weight is 424 g/mol. The van der Waals surface area contributed by atoms with Crippen molar-refractivity contribution in [2.24, 2.45) is 0 Å². The number of para-hydroxylation sites is 1. The maximum Gasteiger partial charge on any atom is 0.188 e. The van der Waals surface area contributed by atoms with Gasteiger partial charge in [-0.2, -0.15) is 0 Å². The third-order valence-corrected chi connectivity index (χ3v) is 7.92. The first kappa shape index (κ1) is 22.1. The van der Waals surface area contributed by atoms with Gasteiger partial charge in [-0.15, -0.1) is 0 Å². The van der Waals surface area contributed by atoms with Crippen molar-refractivity contribution in [3.8, 4) is 17.2 Å². The Morgan fingerprint density at radius 1 is 0.667 bits per heavy atom. The highest BCUT2D eigenvalue weighted by Gasteiger charge is 2.29. The molecule has 3 rings (SSSR count). The molecule has 0 aliphatic heterocycles. The van der Waals surface area contributed by atoms with Crippen molar-refractivity contribution < 1.29 is 18.9 Å². The van der Waals surface area contributed by atoms with E-state index in [9.17, 15) is 0 Å². The fourth-order valence-electron chi connectivity index (χ4n) is 3.64. The summed E-state index contributed by atoms with van der Waals surface area (Å²) in [6, 6.07) is 18.6. The van der Waals surface area contributed by atoms with Gasteiger partial charge in [0.05, 0.1) is 14.2 Å². The maximum atomic E-state index is 6.08. The van der Waals surface area contributed by atoms with Gasteiger partial charge in [0.25, 0.3) is 0 Å². The van der Waals surface area contributed by atoms with Crippen molar-refractivity contribution in [1.82, 2.24) is 0 Å². The van der Waals surface area contributed by atoms with Gasteiger partial charge in [-0.3, -0.25) is 0 Å². The summed E-state index contributed by atoms with van der Waals surface area (Å²) in [6.45, 7) is 6.51. The Labute approximate surface area is 180 Å². The molecule has 0 heterocycles. The number of rotatable bonds is 8.